The van der Waals surface area contributed by atoms with E-state index in [1.807, 2.05) is 0 Å². The molecule has 0 radical (unpaired) electrons. The van der Waals surface area contributed by atoms with E-state index in [-0.39, 0.29) is 15.6 Å². The van der Waals surface area contributed by atoms with Crippen molar-refractivity contribution in [3.8, 4) is 5.75 Å². The van der Waals surface area contributed by atoms with E-state index in [2.05, 4.69) is 15.9 Å². The van der Waals surface area contributed by atoms with Gasteiger partial charge in [-0.05, 0) is 34.1 Å². The van der Waals surface area contributed by atoms with Crippen molar-refractivity contribution in [3.63, 3.8) is 0 Å². The fraction of sp³-hybridized carbons (Fsp3) is 0. The lowest BCUT2D eigenvalue weighted by Gasteiger charge is -2.16. The van der Waals surface area contributed by atoms with Gasteiger partial charge in [-0.15, -0.1) is 0 Å². The van der Waals surface area contributed by atoms with Crippen molar-refractivity contribution < 1.29 is 23.5 Å². The molecule has 1 aliphatic heterocycles. The van der Waals surface area contributed by atoms with E-state index in [1.54, 1.807) is 12.1 Å². The van der Waals surface area contributed by atoms with Crippen molar-refractivity contribution in [2.24, 2.45) is 0 Å². The first-order chi connectivity index (χ1) is 9.93. The summed E-state index contributed by atoms with van der Waals surface area (Å²) in [6.07, 6.45) is 0. The lowest BCUT2D eigenvalue weighted by Crippen LogP contribution is -2.29. The predicted octanol–water partition coefficient (Wildman–Crippen LogP) is 3.23. The predicted molar refractivity (Wildman–Crippen MR) is 73.3 cm³/mol. The first-order valence-electron chi connectivity index (χ1n) is 5.77. The monoisotopic (exact) mass is 353 g/mol. The zero-order chi connectivity index (χ0) is 15.3. The summed E-state index contributed by atoms with van der Waals surface area (Å²) in [5.74, 6) is -5.33. The Balaban J connectivity index is 2.21. The normalized spacial score (nSPS) is 13.8. The number of nitrogens with zero attached hydrogens (tertiary/aromatic N) is 1. The largest absolute Gasteiger partial charge is 0.503 e. The van der Waals surface area contributed by atoms with Gasteiger partial charge in [-0.2, -0.15) is 4.39 Å². The third kappa shape index (κ3) is 1.84. The van der Waals surface area contributed by atoms with Gasteiger partial charge in [0.1, 0.15) is 0 Å². The number of hydrogen-bond donors (Lipinski definition) is 1. The van der Waals surface area contributed by atoms with Crippen LogP contribution in [0.3, 0.4) is 0 Å². The average molecular weight is 354 g/mol. The van der Waals surface area contributed by atoms with Crippen molar-refractivity contribution in [3.05, 3.63) is 57.6 Å². The molecule has 2 aromatic rings. The minimum absolute atomic E-state index is 0.141. The van der Waals surface area contributed by atoms with Gasteiger partial charge >= 0.3 is 0 Å². The summed E-state index contributed by atoms with van der Waals surface area (Å²) in [4.78, 5) is 25.1. The van der Waals surface area contributed by atoms with E-state index in [4.69, 9.17) is 0 Å². The number of carbonyl (C=O) groups is 2. The number of phenols is 1. The third-order valence-corrected chi connectivity index (χ3v) is 3.73. The summed E-state index contributed by atoms with van der Waals surface area (Å²) in [6, 6.07) is 7.03. The summed E-state index contributed by atoms with van der Waals surface area (Å²) in [7, 11) is 0. The summed E-state index contributed by atoms with van der Waals surface area (Å²) >= 11 is 2.78. The SMILES string of the molecule is O=C1c2ccccc2C(=O)N1c1cc(Br)c(F)c(F)c1O. The van der Waals surface area contributed by atoms with Gasteiger partial charge in [0.15, 0.2) is 11.6 Å². The number of anilines is 1. The van der Waals surface area contributed by atoms with Gasteiger partial charge in [0.2, 0.25) is 5.82 Å². The fourth-order valence-corrected chi connectivity index (χ4v) is 2.54. The molecule has 0 aliphatic carbocycles. The Morgan fingerprint density at radius 2 is 1.52 bits per heavy atom. The van der Waals surface area contributed by atoms with Gasteiger partial charge < -0.3 is 5.11 Å². The molecule has 0 saturated carbocycles. The van der Waals surface area contributed by atoms with Gasteiger partial charge in [0, 0.05) is 0 Å². The van der Waals surface area contributed by atoms with Gasteiger partial charge in [-0.3, -0.25) is 9.59 Å². The van der Waals surface area contributed by atoms with Crippen LogP contribution in [-0.4, -0.2) is 16.9 Å². The maximum Gasteiger partial charge on any atom is 0.266 e. The first-order valence-corrected chi connectivity index (χ1v) is 6.57. The van der Waals surface area contributed by atoms with Crippen LogP contribution in [0.5, 0.6) is 5.75 Å². The second kappa shape index (κ2) is 4.63. The number of carbonyl (C=O) groups excluding carboxylic acids is 2. The van der Waals surface area contributed by atoms with Crippen molar-refractivity contribution in [2.45, 2.75) is 0 Å². The molecule has 7 heteroatoms. The second-order valence-corrected chi connectivity index (χ2v) is 5.20. The number of amides is 2. The highest BCUT2D eigenvalue weighted by Gasteiger charge is 2.38. The van der Waals surface area contributed by atoms with E-state index in [9.17, 15) is 23.5 Å². The number of phenolic OH excluding ortho intramolecular Hbond substituents is 1. The standard InChI is InChI=1S/C14H6BrF2NO3/c15-8-5-9(12(19)11(17)10(8)16)18-13(20)6-3-1-2-4-7(6)14(18)21/h1-5,19H. The van der Waals surface area contributed by atoms with E-state index in [0.29, 0.717) is 4.90 Å². The van der Waals surface area contributed by atoms with Crippen LogP contribution in [0, 0.1) is 11.6 Å². The quantitative estimate of drug-likeness (QED) is 0.632. The molecule has 0 bridgehead atoms. The number of imide groups is 1. The third-order valence-electron chi connectivity index (χ3n) is 3.15. The highest BCUT2D eigenvalue weighted by Crippen LogP contribution is 2.39. The van der Waals surface area contributed by atoms with Crippen LogP contribution in [0.25, 0.3) is 0 Å². The molecule has 4 nitrogen and oxygen atoms in total. The van der Waals surface area contributed by atoms with E-state index in [0.717, 1.165) is 6.07 Å². The van der Waals surface area contributed by atoms with E-state index in [1.165, 1.54) is 12.1 Å². The second-order valence-electron chi connectivity index (χ2n) is 4.35. The number of rotatable bonds is 1. The molecule has 2 aromatic carbocycles. The Hall–Kier alpha value is -2.28. The van der Waals surface area contributed by atoms with Gasteiger partial charge in [-0.1, -0.05) is 12.1 Å². The molecule has 1 heterocycles. The molecular formula is C14H6BrF2NO3. The molecule has 0 fully saturated rings. The Bertz CT molecular complexity index is 772. The maximum absolute atomic E-state index is 13.6. The molecule has 1 aliphatic rings. The van der Waals surface area contributed by atoms with Crippen LogP contribution in [-0.2, 0) is 0 Å². The van der Waals surface area contributed by atoms with Crippen LogP contribution in [0.15, 0.2) is 34.8 Å². The van der Waals surface area contributed by atoms with Crippen LogP contribution in [0.4, 0.5) is 14.5 Å². The molecule has 3 rings (SSSR count). The van der Waals surface area contributed by atoms with Crippen LogP contribution < -0.4 is 4.90 Å². The van der Waals surface area contributed by atoms with Gasteiger partial charge in [0.05, 0.1) is 21.3 Å². The number of fused-ring (bicyclic) bond motifs is 1. The molecular weight excluding hydrogens is 348 g/mol. The van der Waals surface area contributed by atoms with Crippen molar-refractivity contribution in [1.29, 1.82) is 0 Å². The summed E-state index contributed by atoms with van der Waals surface area (Å²) in [6.45, 7) is 0. The number of hydrogen-bond acceptors (Lipinski definition) is 3. The van der Waals surface area contributed by atoms with Crippen LogP contribution in [0.2, 0.25) is 0 Å². The zero-order valence-corrected chi connectivity index (χ0v) is 11.8. The Labute approximate surface area is 125 Å². The molecule has 0 atom stereocenters. The highest BCUT2D eigenvalue weighted by atomic mass is 79.9. The van der Waals surface area contributed by atoms with E-state index >= 15 is 0 Å². The zero-order valence-electron chi connectivity index (χ0n) is 10.2. The summed E-state index contributed by atoms with van der Waals surface area (Å²) in [5, 5.41) is 9.70. The topological polar surface area (TPSA) is 57.6 Å². The van der Waals surface area contributed by atoms with Crippen LogP contribution >= 0.6 is 15.9 Å². The number of aromatic hydroxyl groups is 1. The smallest absolute Gasteiger partial charge is 0.266 e. The minimum atomic E-state index is -1.53. The molecule has 0 aromatic heterocycles. The van der Waals surface area contributed by atoms with Gasteiger partial charge in [-0.25, -0.2) is 9.29 Å². The lowest BCUT2D eigenvalue weighted by atomic mass is 10.1. The molecule has 0 unspecified atom stereocenters. The minimum Gasteiger partial charge on any atom is -0.503 e. The molecule has 21 heavy (non-hydrogen) atoms. The fourth-order valence-electron chi connectivity index (χ4n) is 2.15. The molecule has 0 saturated heterocycles. The Kier molecular flexibility index (Phi) is 3.02. The maximum atomic E-state index is 13.6. The molecule has 1 N–H and O–H groups in total. The van der Waals surface area contributed by atoms with Crippen LogP contribution in [0.1, 0.15) is 20.7 Å². The molecule has 106 valence electrons. The molecule has 2 amide bonds. The van der Waals surface area contributed by atoms with Crippen molar-refractivity contribution in [1.82, 2.24) is 0 Å². The lowest BCUT2D eigenvalue weighted by molar-refractivity contribution is 0.0925. The van der Waals surface area contributed by atoms with Crippen molar-refractivity contribution in [2.75, 3.05) is 4.90 Å². The number of benzene rings is 2. The summed E-state index contributed by atoms with van der Waals surface area (Å²) in [5.41, 5.74) is -0.127. The Morgan fingerprint density at radius 3 is 2.05 bits per heavy atom. The summed E-state index contributed by atoms with van der Waals surface area (Å²) < 4.78 is 26.6. The van der Waals surface area contributed by atoms with E-state index < -0.39 is 34.9 Å². The molecule has 0 spiro atoms. The first kappa shape index (κ1) is 13.7. The Morgan fingerprint density at radius 1 is 1.00 bits per heavy atom. The number of halogens is 3. The van der Waals surface area contributed by atoms with Crippen molar-refractivity contribution >= 4 is 33.4 Å². The highest BCUT2D eigenvalue weighted by molar-refractivity contribution is 9.10. The van der Waals surface area contributed by atoms with Gasteiger partial charge in [0.25, 0.3) is 11.8 Å². The average Bonchev–Trinajstić information content (AvgIpc) is 2.73.